The molecule has 3 amide bonds. The Hall–Kier alpha value is -2.46. The predicted octanol–water partition coefficient (Wildman–Crippen LogP) is 2.86. The Morgan fingerprint density at radius 2 is 1.93 bits per heavy atom. The lowest BCUT2D eigenvalue weighted by atomic mass is 9.99. The molecule has 2 rings (SSSR count). The van der Waals surface area contributed by atoms with Gasteiger partial charge in [0.15, 0.2) is 5.69 Å². The Morgan fingerprint density at radius 1 is 1.27 bits per heavy atom. The number of aromatic nitrogens is 1. The van der Waals surface area contributed by atoms with Crippen molar-refractivity contribution in [3.63, 3.8) is 0 Å². The molecule has 2 aromatic heterocycles. The first-order chi connectivity index (χ1) is 13.9. The van der Waals surface area contributed by atoms with Gasteiger partial charge in [-0.1, -0.05) is 19.9 Å². The van der Waals surface area contributed by atoms with E-state index in [1.54, 1.807) is 0 Å². The molecule has 0 aliphatic rings. The lowest BCUT2D eigenvalue weighted by Crippen LogP contribution is -2.54. The number of rotatable bonds is 8. The smallest absolute Gasteiger partial charge is 0.270 e. The molecule has 164 valence electrons. The molecule has 0 saturated carbocycles. The summed E-state index contributed by atoms with van der Waals surface area (Å²) in [6.07, 6.45) is 0.473. The van der Waals surface area contributed by atoms with Crippen LogP contribution in [0.4, 0.5) is 5.69 Å². The Kier molecular flexibility index (Phi) is 7.59. The molecular weight excluding hydrogens is 422 g/mol. The topological polar surface area (TPSA) is 131 Å². The molecule has 30 heavy (non-hydrogen) atoms. The van der Waals surface area contributed by atoms with Gasteiger partial charge >= 0.3 is 0 Å². The summed E-state index contributed by atoms with van der Waals surface area (Å²) < 4.78 is 3.94. The molecule has 0 saturated heterocycles. The highest BCUT2D eigenvalue weighted by atomic mass is 32.1. The van der Waals surface area contributed by atoms with Gasteiger partial charge < -0.3 is 21.7 Å². The lowest BCUT2D eigenvalue weighted by molar-refractivity contribution is -0.127. The van der Waals surface area contributed by atoms with Gasteiger partial charge in [0.05, 0.1) is 12.2 Å². The summed E-state index contributed by atoms with van der Waals surface area (Å²) in [6.45, 7) is 9.92. The van der Waals surface area contributed by atoms with Crippen molar-refractivity contribution in [2.45, 2.75) is 59.2 Å². The second-order valence-corrected chi connectivity index (χ2v) is 10.3. The largest absolute Gasteiger partial charge is 0.395 e. The minimum absolute atomic E-state index is 0.0480. The molecule has 2 heterocycles. The Labute approximate surface area is 184 Å². The summed E-state index contributed by atoms with van der Waals surface area (Å²) in [5.74, 6) is -1.31. The molecule has 2 aromatic rings. The molecule has 5 N–H and O–H groups in total. The average molecular weight is 452 g/mol. The SMILES string of the molecule is CC(C)C[C@@H](C(=O)NC(C)(C)C)N(Cc1cccs1)C(=O)c1snc(C(N)=O)c1N. The number of thiophene rings is 1. The van der Waals surface area contributed by atoms with Crippen molar-refractivity contribution in [2.75, 3.05) is 5.73 Å². The highest BCUT2D eigenvalue weighted by Crippen LogP contribution is 2.27. The number of hydrogen-bond donors (Lipinski definition) is 3. The monoisotopic (exact) mass is 451 g/mol. The quantitative estimate of drug-likeness (QED) is 0.568. The van der Waals surface area contributed by atoms with Crippen LogP contribution in [0.2, 0.25) is 0 Å². The number of hydrogen-bond acceptors (Lipinski definition) is 7. The zero-order chi connectivity index (χ0) is 22.6. The fraction of sp³-hybridized carbons (Fsp3) is 0.500. The van der Waals surface area contributed by atoms with Crippen molar-refractivity contribution in [1.29, 1.82) is 0 Å². The highest BCUT2D eigenvalue weighted by Gasteiger charge is 2.35. The maximum absolute atomic E-state index is 13.5. The maximum atomic E-state index is 13.5. The van der Waals surface area contributed by atoms with E-state index in [-0.39, 0.29) is 34.6 Å². The van der Waals surface area contributed by atoms with Crippen LogP contribution in [0.15, 0.2) is 17.5 Å². The molecule has 1 atom stereocenters. The van der Waals surface area contributed by atoms with E-state index < -0.39 is 23.4 Å². The zero-order valence-corrected chi connectivity index (χ0v) is 19.5. The third kappa shape index (κ3) is 6.02. The molecule has 0 unspecified atom stereocenters. The van der Waals surface area contributed by atoms with Crippen LogP contribution in [0.25, 0.3) is 0 Å². The molecule has 0 aliphatic heterocycles. The minimum Gasteiger partial charge on any atom is -0.395 e. The van der Waals surface area contributed by atoms with Gasteiger partial charge in [0, 0.05) is 10.4 Å². The standard InChI is InChI=1S/C20H29N5O3S2/c1-11(2)9-13(18(27)23-20(3,4)5)25(10-12-7-6-8-29-12)19(28)16-14(21)15(17(22)26)24-30-16/h6-8,11,13H,9-10,21H2,1-5H3,(H2,22,26)(H,23,27)/t13-/m0/s1. The van der Waals surface area contributed by atoms with Crippen LogP contribution in [0, 0.1) is 5.92 Å². The predicted molar refractivity (Wildman–Crippen MR) is 120 cm³/mol. The average Bonchev–Trinajstić information content (AvgIpc) is 3.25. The number of amides is 3. The van der Waals surface area contributed by atoms with Crippen LogP contribution in [0.1, 0.15) is 66.1 Å². The summed E-state index contributed by atoms with van der Waals surface area (Å²) in [6, 6.07) is 3.09. The number of anilines is 1. The van der Waals surface area contributed by atoms with E-state index in [0.29, 0.717) is 6.42 Å². The van der Waals surface area contributed by atoms with E-state index in [4.69, 9.17) is 11.5 Å². The Morgan fingerprint density at radius 3 is 2.40 bits per heavy atom. The number of carbonyl (C=O) groups excluding carboxylic acids is 3. The summed E-state index contributed by atoms with van der Waals surface area (Å²) in [7, 11) is 0. The molecule has 10 heteroatoms. The van der Waals surface area contributed by atoms with Crippen LogP contribution in [0.5, 0.6) is 0 Å². The number of carbonyl (C=O) groups is 3. The van der Waals surface area contributed by atoms with Crippen molar-refractivity contribution in [3.05, 3.63) is 33.0 Å². The maximum Gasteiger partial charge on any atom is 0.270 e. The molecule has 0 spiro atoms. The van der Waals surface area contributed by atoms with Gasteiger partial charge in [-0.15, -0.1) is 11.3 Å². The van der Waals surface area contributed by atoms with Gasteiger partial charge in [-0.05, 0) is 56.1 Å². The Balaban J connectivity index is 2.48. The van der Waals surface area contributed by atoms with Crippen molar-refractivity contribution in [3.8, 4) is 0 Å². The molecular formula is C20H29N5O3S2. The molecule has 0 aliphatic carbocycles. The van der Waals surface area contributed by atoms with Crippen molar-refractivity contribution >= 4 is 46.3 Å². The molecule has 8 nitrogen and oxygen atoms in total. The minimum atomic E-state index is -0.795. The van der Waals surface area contributed by atoms with E-state index in [1.165, 1.54) is 16.2 Å². The fourth-order valence-corrected chi connectivity index (χ4v) is 4.39. The van der Waals surface area contributed by atoms with E-state index in [0.717, 1.165) is 16.4 Å². The van der Waals surface area contributed by atoms with E-state index >= 15 is 0 Å². The third-order valence-electron chi connectivity index (χ3n) is 4.19. The van der Waals surface area contributed by atoms with Gasteiger partial charge in [-0.25, -0.2) is 0 Å². The summed E-state index contributed by atoms with van der Waals surface area (Å²) in [5.41, 5.74) is 10.7. The van der Waals surface area contributed by atoms with Gasteiger partial charge in [-0.3, -0.25) is 14.4 Å². The van der Waals surface area contributed by atoms with Gasteiger partial charge in [-0.2, -0.15) is 4.37 Å². The molecule has 0 radical (unpaired) electrons. The van der Waals surface area contributed by atoms with Crippen molar-refractivity contribution in [1.82, 2.24) is 14.6 Å². The number of nitrogens with one attached hydrogen (secondary N) is 1. The first-order valence-corrected chi connectivity index (χ1v) is 11.3. The molecule has 0 bridgehead atoms. The highest BCUT2D eigenvalue weighted by molar-refractivity contribution is 7.10. The summed E-state index contributed by atoms with van der Waals surface area (Å²) >= 11 is 2.32. The second kappa shape index (κ2) is 9.57. The van der Waals surface area contributed by atoms with E-state index in [2.05, 4.69) is 9.69 Å². The van der Waals surface area contributed by atoms with Crippen LogP contribution in [-0.2, 0) is 11.3 Å². The summed E-state index contributed by atoms with van der Waals surface area (Å²) in [4.78, 5) is 40.8. The second-order valence-electron chi connectivity index (χ2n) is 8.54. The van der Waals surface area contributed by atoms with Gasteiger partial charge in [0.2, 0.25) is 5.91 Å². The van der Waals surface area contributed by atoms with E-state index in [1.807, 2.05) is 52.1 Å². The molecule has 0 fully saturated rings. The van der Waals surface area contributed by atoms with Crippen molar-refractivity contribution in [2.24, 2.45) is 11.7 Å². The first-order valence-electron chi connectivity index (χ1n) is 9.61. The fourth-order valence-electron chi connectivity index (χ4n) is 2.93. The van der Waals surface area contributed by atoms with Crippen LogP contribution in [0.3, 0.4) is 0 Å². The van der Waals surface area contributed by atoms with Crippen LogP contribution >= 0.6 is 22.9 Å². The van der Waals surface area contributed by atoms with Gasteiger partial charge in [0.1, 0.15) is 10.9 Å². The van der Waals surface area contributed by atoms with Gasteiger partial charge in [0.25, 0.3) is 11.8 Å². The Bertz CT molecular complexity index is 900. The van der Waals surface area contributed by atoms with Crippen LogP contribution in [-0.4, -0.2) is 38.6 Å². The number of nitrogens with two attached hydrogens (primary N) is 2. The molecule has 0 aromatic carbocycles. The number of primary amides is 1. The summed E-state index contributed by atoms with van der Waals surface area (Å²) in [5, 5.41) is 4.90. The first kappa shape index (κ1) is 23.8. The van der Waals surface area contributed by atoms with Crippen molar-refractivity contribution < 1.29 is 14.4 Å². The normalized spacial score (nSPS) is 12.6. The lowest BCUT2D eigenvalue weighted by Gasteiger charge is -2.34. The third-order valence-corrected chi connectivity index (χ3v) is 5.91. The van der Waals surface area contributed by atoms with E-state index in [9.17, 15) is 14.4 Å². The zero-order valence-electron chi connectivity index (χ0n) is 17.9. The number of nitrogen functional groups attached to an aromatic ring is 1. The number of nitrogens with zero attached hydrogens (tertiary/aromatic N) is 2. The van der Waals surface area contributed by atoms with Crippen LogP contribution < -0.4 is 16.8 Å².